The number of nitrogens with zero attached hydrogens (tertiary/aromatic N) is 1. The molecule has 0 aromatic heterocycles. The van der Waals surface area contributed by atoms with Gasteiger partial charge in [-0.25, -0.2) is 0 Å². The van der Waals surface area contributed by atoms with Gasteiger partial charge in [0, 0.05) is 19.7 Å². The van der Waals surface area contributed by atoms with E-state index in [1.165, 1.54) is 12.0 Å². The van der Waals surface area contributed by atoms with Gasteiger partial charge in [-0.05, 0) is 36.5 Å². The average molecular weight is 358 g/mol. The Morgan fingerprint density at radius 1 is 1.15 bits per heavy atom. The number of hydrogen-bond donors (Lipinski definition) is 2. The van der Waals surface area contributed by atoms with Gasteiger partial charge in [-0.15, -0.1) is 0 Å². The number of hydrogen-bond acceptors (Lipinski definition) is 4. The number of carboxylic acid groups (broad SMARTS) is 1. The third-order valence-corrected chi connectivity index (χ3v) is 5.16. The summed E-state index contributed by atoms with van der Waals surface area (Å²) in [4.78, 5) is 38.1. The number of anilines is 1. The summed E-state index contributed by atoms with van der Waals surface area (Å²) in [5, 5.41) is 12.3. The van der Waals surface area contributed by atoms with E-state index in [1.807, 2.05) is 12.2 Å². The fourth-order valence-corrected chi connectivity index (χ4v) is 3.93. The van der Waals surface area contributed by atoms with Crippen LogP contribution in [0.1, 0.15) is 16.8 Å². The number of fused-ring (bicyclic) bond motifs is 2. The molecule has 2 amide bonds. The fourth-order valence-electron chi connectivity index (χ4n) is 3.93. The molecule has 7 nitrogen and oxygen atoms in total. The van der Waals surface area contributed by atoms with Crippen molar-refractivity contribution in [2.45, 2.75) is 6.42 Å². The van der Waals surface area contributed by atoms with Crippen LogP contribution in [0.25, 0.3) is 0 Å². The van der Waals surface area contributed by atoms with E-state index in [1.54, 1.807) is 32.3 Å². The second kappa shape index (κ2) is 6.82. The summed E-state index contributed by atoms with van der Waals surface area (Å²) in [5.41, 5.74) is 0.773. The quantitative estimate of drug-likeness (QED) is 0.783. The number of nitrogens with one attached hydrogen (secondary N) is 1. The van der Waals surface area contributed by atoms with Crippen molar-refractivity contribution < 1.29 is 24.2 Å². The summed E-state index contributed by atoms with van der Waals surface area (Å²) in [6, 6.07) is 4.79. The van der Waals surface area contributed by atoms with Crippen LogP contribution >= 0.6 is 0 Å². The summed E-state index contributed by atoms with van der Waals surface area (Å²) >= 11 is 0. The highest BCUT2D eigenvalue weighted by molar-refractivity contribution is 6.00. The Hall–Kier alpha value is -2.83. The zero-order chi connectivity index (χ0) is 19.0. The molecule has 0 saturated heterocycles. The minimum Gasteiger partial charge on any atom is -0.495 e. The molecule has 2 bridgehead atoms. The highest BCUT2D eigenvalue weighted by atomic mass is 16.5. The van der Waals surface area contributed by atoms with Crippen molar-refractivity contribution >= 4 is 23.5 Å². The monoisotopic (exact) mass is 358 g/mol. The van der Waals surface area contributed by atoms with Gasteiger partial charge in [-0.2, -0.15) is 0 Å². The molecular weight excluding hydrogens is 336 g/mol. The van der Waals surface area contributed by atoms with Crippen LogP contribution in [0.2, 0.25) is 0 Å². The number of amides is 2. The second-order valence-corrected chi connectivity index (χ2v) is 6.94. The van der Waals surface area contributed by atoms with E-state index in [0.29, 0.717) is 23.4 Å². The summed E-state index contributed by atoms with van der Waals surface area (Å²) in [5.74, 6) is -2.61. The molecule has 2 aliphatic rings. The van der Waals surface area contributed by atoms with Gasteiger partial charge in [0.05, 0.1) is 24.6 Å². The zero-order valence-corrected chi connectivity index (χ0v) is 14.9. The predicted molar refractivity (Wildman–Crippen MR) is 95.0 cm³/mol. The Balaban J connectivity index is 1.87. The zero-order valence-electron chi connectivity index (χ0n) is 14.9. The third kappa shape index (κ3) is 3.05. The van der Waals surface area contributed by atoms with E-state index in [-0.39, 0.29) is 23.7 Å². The average Bonchev–Trinajstić information content (AvgIpc) is 3.22. The highest BCUT2D eigenvalue weighted by Gasteiger charge is 2.51. The van der Waals surface area contributed by atoms with Crippen molar-refractivity contribution in [3.05, 3.63) is 35.9 Å². The molecule has 7 heteroatoms. The van der Waals surface area contributed by atoms with Crippen molar-refractivity contribution in [2.24, 2.45) is 23.7 Å². The third-order valence-electron chi connectivity index (χ3n) is 5.16. The molecule has 0 aliphatic heterocycles. The van der Waals surface area contributed by atoms with Crippen LogP contribution in [0.4, 0.5) is 5.69 Å². The Kier molecular flexibility index (Phi) is 4.71. The summed E-state index contributed by atoms with van der Waals surface area (Å²) in [6.45, 7) is 0. The van der Waals surface area contributed by atoms with Crippen molar-refractivity contribution in [1.29, 1.82) is 0 Å². The number of aliphatic carboxylic acids is 1. The van der Waals surface area contributed by atoms with Crippen molar-refractivity contribution in [3.63, 3.8) is 0 Å². The molecule has 1 saturated carbocycles. The van der Waals surface area contributed by atoms with Gasteiger partial charge in [-0.1, -0.05) is 12.2 Å². The maximum atomic E-state index is 12.8. The fraction of sp³-hybridized carbons (Fsp3) is 0.421. The van der Waals surface area contributed by atoms with E-state index < -0.39 is 17.8 Å². The highest BCUT2D eigenvalue weighted by Crippen LogP contribution is 2.48. The molecule has 26 heavy (non-hydrogen) atoms. The smallest absolute Gasteiger partial charge is 0.307 e. The van der Waals surface area contributed by atoms with E-state index in [9.17, 15) is 19.5 Å². The van der Waals surface area contributed by atoms with Crippen LogP contribution in [0.15, 0.2) is 30.4 Å². The molecule has 2 aliphatic carbocycles. The Morgan fingerprint density at radius 2 is 1.81 bits per heavy atom. The Morgan fingerprint density at radius 3 is 2.38 bits per heavy atom. The van der Waals surface area contributed by atoms with E-state index >= 15 is 0 Å². The van der Waals surface area contributed by atoms with Gasteiger partial charge in [-0.3, -0.25) is 14.4 Å². The number of rotatable bonds is 5. The minimum atomic E-state index is -0.953. The normalized spacial score (nSPS) is 25.8. The molecule has 0 spiro atoms. The Bertz CT molecular complexity index is 786. The van der Waals surface area contributed by atoms with Crippen LogP contribution in [0, 0.1) is 23.7 Å². The number of ether oxygens (including phenoxy) is 1. The number of allylic oxidation sites excluding steroid dienone is 2. The number of carbonyl (C=O) groups excluding carboxylic acids is 2. The second-order valence-electron chi connectivity index (χ2n) is 6.94. The number of methoxy groups -OCH3 is 1. The summed E-state index contributed by atoms with van der Waals surface area (Å²) < 4.78 is 5.27. The standard InChI is InChI=1S/C19H22N2O5/c1-21(2)18(23)12-6-7-14(26-3)13(9-12)20-17(22)15-10-4-5-11(8-10)16(15)19(24)25/h4-7,9-11,15-16H,8H2,1-3H3,(H,20,22)(H,24,25)/t10-,11-,15-,16+/m0/s1. The summed E-state index contributed by atoms with van der Waals surface area (Å²) in [6.07, 6.45) is 4.51. The lowest BCUT2D eigenvalue weighted by molar-refractivity contribution is -0.146. The lowest BCUT2D eigenvalue weighted by Gasteiger charge is -2.24. The first-order valence-electron chi connectivity index (χ1n) is 8.45. The molecule has 2 N–H and O–H groups in total. The van der Waals surface area contributed by atoms with Gasteiger partial charge in [0.25, 0.3) is 5.91 Å². The van der Waals surface area contributed by atoms with E-state index in [4.69, 9.17) is 4.74 Å². The SMILES string of the molecule is COc1ccc(C(=O)N(C)C)cc1NC(=O)[C@@H]1[C@H](C(=O)O)[C@H]2C=C[C@H]1C2. The largest absolute Gasteiger partial charge is 0.495 e. The summed E-state index contributed by atoms with van der Waals surface area (Å²) in [7, 11) is 4.76. The maximum Gasteiger partial charge on any atom is 0.307 e. The number of benzene rings is 1. The first kappa shape index (κ1) is 18.0. The van der Waals surface area contributed by atoms with Crippen molar-refractivity contribution in [2.75, 3.05) is 26.5 Å². The molecule has 138 valence electrons. The van der Waals surface area contributed by atoms with E-state index in [2.05, 4.69) is 5.32 Å². The molecule has 0 heterocycles. The Labute approximate surface area is 151 Å². The van der Waals surface area contributed by atoms with Crippen molar-refractivity contribution in [3.8, 4) is 5.75 Å². The van der Waals surface area contributed by atoms with Crippen molar-refractivity contribution in [1.82, 2.24) is 4.90 Å². The van der Waals surface area contributed by atoms with Crippen LogP contribution in [0.3, 0.4) is 0 Å². The predicted octanol–water partition coefficient (Wildman–Crippen LogP) is 1.86. The molecule has 1 fully saturated rings. The lowest BCUT2D eigenvalue weighted by atomic mass is 9.82. The van der Waals surface area contributed by atoms with Gasteiger partial charge in [0.1, 0.15) is 5.75 Å². The van der Waals surface area contributed by atoms with Gasteiger partial charge in [0.2, 0.25) is 5.91 Å². The topological polar surface area (TPSA) is 95.9 Å². The van der Waals surface area contributed by atoms with Gasteiger partial charge < -0.3 is 20.1 Å². The van der Waals surface area contributed by atoms with Crippen LogP contribution in [-0.4, -0.2) is 49.0 Å². The van der Waals surface area contributed by atoms with Gasteiger partial charge >= 0.3 is 5.97 Å². The molecule has 3 rings (SSSR count). The molecule has 1 aromatic rings. The number of carbonyl (C=O) groups is 3. The molecule has 0 unspecified atom stereocenters. The van der Waals surface area contributed by atoms with E-state index in [0.717, 1.165) is 0 Å². The van der Waals surface area contributed by atoms with Crippen LogP contribution < -0.4 is 10.1 Å². The number of carboxylic acids is 1. The molecular formula is C19H22N2O5. The first-order chi connectivity index (χ1) is 12.3. The van der Waals surface area contributed by atoms with Crippen LogP contribution in [0.5, 0.6) is 5.75 Å². The molecule has 4 atom stereocenters. The first-order valence-corrected chi connectivity index (χ1v) is 8.45. The molecule has 0 radical (unpaired) electrons. The molecule has 1 aromatic carbocycles. The van der Waals surface area contributed by atoms with Gasteiger partial charge in [0.15, 0.2) is 0 Å². The maximum absolute atomic E-state index is 12.8. The minimum absolute atomic E-state index is 0.0707. The van der Waals surface area contributed by atoms with Crippen LogP contribution in [-0.2, 0) is 9.59 Å². The lowest BCUT2D eigenvalue weighted by Crippen LogP contribution is -2.36.